The second-order valence-corrected chi connectivity index (χ2v) is 8.06. The molecular weight excluding hydrogens is 362 g/mol. The van der Waals surface area contributed by atoms with Gasteiger partial charge in [-0.3, -0.25) is 4.98 Å². The molecule has 0 spiro atoms. The molecule has 1 aliphatic rings. The maximum absolute atomic E-state index is 13.4. The Morgan fingerprint density at radius 2 is 2.16 bits per heavy atom. The molecule has 0 radical (unpaired) electrons. The van der Waals surface area contributed by atoms with E-state index in [1.165, 1.54) is 10.5 Å². The van der Waals surface area contributed by atoms with Crippen LogP contribution < -0.4 is 5.32 Å². The minimum absolute atomic E-state index is 0.149. The Balaban J connectivity index is 1.82. The molecule has 0 aromatic carbocycles. The predicted molar refractivity (Wildman–Crippen MR) is 94.8 cm³/mol. The molecular formula is C16H16ClN5O2S. The third-order valence-corrected chi connectivity index (χ3v) is 6.58. The lowest BCUT2D eigenvalue weighted by atomic mass is 10.1. The molecule has 9 heteroatoms. The van der Waals surface area contributed by atoms with Crippen LogP contribution in [-0.4, -0.2) is 47.3 Å². The standard InChI is InChI=1S/C16H16ClN5O2S/c17-12-3-5-20-16-15(12)14(10-21-16)25(23,24)22-7-6-19-9-13(22)11-2-1-4-18-8-11/h1-5,8,10,13,19H,6-7,9H2,(H,20,21). The zero-order chi connectivity index (χ0) is 17.4. The highest BCUT2D eigenvalue weighted by atomic mass is 35.5. The van der Waals surface area contributed by atoms with Crippen LogP contribution in [0.2, 0.25) is 5.02 Å². The van der Waals surface area contributed by atoms with Crippen LogP contribution in [-0.2, 0) is 10.0 Å². The number of H-pyrrole nitrogens is 1. The van der Waals surface area contributed by atoms with Crippen molar-refractivity contribution in [3.63, 3.8) is 0 Å². The zero-order valence-electron chi connectivity index (χ0n) is 13.2. The number of pyridine rings is 2. The topological polar surface area (TPSA) is 91.0 Å². The number of aromatic amines is 1. The van der Waals surface area contributed by atoms with Gasteiger partial charge >= 0.3 is 0 Å². The molecule has 0 aliphatic carbocycles. The molecule has 4 rings (SSSR count). The van der Waals surface area contributed by atoms with Crippen molar-refractivity contribution >= 4 is 32.7 Å². The van der Waals surface area contributed by atoms with Crippen LogP contribution in [0.3, 0.4) is 0 Å². The quantitative estimate of drug-likeness (QED) is 0.728. The summed E-state index contributed by atoms with van der Waals surface area (Å²) in [5, 5.41) is 4.03. The smallest absolute Gasteiger partial charge is 0.245 e. The van der Waals surface area contributed by atoms with Gasteiger partial charge in [-0.1, -0.05) is 17.7 Å². The van der Waals surface area contributed by atoms with Gasteiger partial charge in [-0.05, 0) is 17.7 Å². The molecule has 130 valence electrons. The second kappa shape index (κ2) is 6.38. The Kier molecular flexibility index (Phi) is 4.20. The summed E-state index contributed by atoms with van der Waals surface area (Å²) < 4.78 is 28.2. The summed E-state index contributed by atoms with van der Waals surface area (Å²) in [4.78, 5) is 11.3. The van der Waals surface area contributed by atoms with Gasteiger partial charge in [0.05, 0.1) is 16.5 Å². The number of piperazine rings is 1. The van der Waals surface area contributed by atoms with E-state index in [0.717, 1.165) is 5.56 Å². The molecule has 4 heterocycles. The van der Waals surface area contributed by atoms with Gasteiger partial charge in [0.25, 0.3) is 0 Å². The summed E-state index contributed by atoms with van der Waals surface area (Å²) >= 11 is 6.24. The Bertz CT molecular complexity index is 1010. The van der Waals surface area contributed by atoms with Crippen LogP contribution in [0.25, 0.3) is 11.0 Å². The van der Waals surface area contributed by atoms with Crippen LogP contribution in [0.4, 0.5) is 0 Å². The summed E-state index contributed by atoms with van der Waals surface area (Å²) in [6.07, 6.45) is 6.37. The third kappa shape index (κ3) is 2.81. The molecule has 0 amide bonds. The summed E-state index contributed by atoms with van der Waals surface area (Å²) in [5.41, 5.74) is 1.31. The van der Waals surface area contributed by atoms with E-state index >= 15 is 0 Å². The highest BCUT2D eigenvalue weighted by Crippen LogP contribution is 2.34. The number of hydrogen-bond acceptors (Lipinski definition) is 5. The number of fused-ring (bicyclic) bond motifs is 1. The number of nitrogens with one attached hydrogen (secondary N) is 2. The first-order valence-corrected chi connectivity index (χ1v) is 9.65. The average molecular weight is 378 g/mol. The molecule has 25 heavy (non-hydrogen) atoms. The maximum Gasteiger partial charge on any atom is 0.245 e. The molecule has 0 bridgehead atoms. The molecule has 1 unspecified atom stereocenters. The number of halogens is 1. The minimum atomic E-state index is -3.76. The number of nitrogens with zero attached hydrogens (tertiary/aromatic N) is 3. The van der Waals surface area contributed by atoms with E-state index in [0.29, 0.717) is 35.7 Å². The van der Waals surface area contributed by atoms with Crippen molar-refractivity contribution in [3.8, 4) is 0 Å². The fraction of sp³-hybridized carbons (Fsp3) is 0.250. The number of aromatic nitrogens is 3. The number of hydrogen-bond donors (Lipinski definition) is 2. The zero-order valence-corrected chi connectivity index (χ0v) is 14.8. The maximum atomic E-state index is 13.4. The van der Waals surface area contributed by atoms with E-state index in [2.05, 4.69) is 20.3 Å². The SMILES string of the molecule is O=S(=O)(c1c[nH]c2nccc(Cl)c12)N1CCNCC1c1cccnc1. The van der Waals surface area contributed by atoms with E-state index in [1.54, 1.807) is 30.7 Å². The molecule has 3 aromatic rings. The van der Waals surface area contributed by atoms with Crippen molar-refractivity contribution in [2.45, 2.75) is 10.9 Å². The summed E-state index contributed by atoms with van der Waals surface area (Å²) in [5.74, 6) is 0. The lowest BCUT2D eigenvalue weighted by Gasteiger charge is -2.35. The first-order chi connectivity index (χ1) is 12.1. The molecule has 3 aromatic heterocycles. The minimum Gasteiger partial charge on any atom is -0.345 e. The summed E-state index contributed by atoms with van der Waals surface area (Å²) in [6, 6.07) is 4.96. The van der Waals surface area contributed by atoms with E-state index in [4.69, 9.17) is 11.6 Å². The molecule has 2 N–H and O–H groups in total. The first kappa shape index (κ1) is 16.5. The molecule has 1 fully saturated rings. The van der Waals surface area contributed by atoms with E-state index < -0.39 is 10.0 Å². The van der Waals surface area contributed by atoms with Crippen molar-refractivity contribution in [1.29, 1.82) is 0 Å². The van der Waals surface area contributed by atoms with Crippen LogP contribution in [0.15, 0.2) is 47.9 Å². The van der Waals surface area contributed by atoms with Gasteiger partial charge in [-0.15, -0.1) is 0 Å². The third-order valence-electron chi connectivity index (χ3n) is 4.34. The second-order valence-electron chi connectivity index (χ2n) is 5.79. The highest BCUT2D eigenvalue weighted by Gasteiger charge is 2.36. The molecule has 1 atom stereocenters. The van der Waals surface area contributed by atoms with Gasteiger partial charge in [0.15, 0.2) is 0 Å². The fourth-order valence-electron chi connectivity index (χ4n) is 3.15. The van der Waals surface area contributed by atoms with Crippen LogP contribution in [0.1, 0.15) is 11.6 Å². The van der Waals surface area contributed by atoms with Crippen molar-refractivity contribution < 1.29 is 8.42 Å². The van der Waals surface area contributed by atoms with Gasteiger partial charge in [-0.25, -0.2) is 13.4 Å². The van der Waals surface area contributed by atoms with Crippen molar-refractivity contribution in [1.82, 2.24) is 24.6 Å². The monoisotopic (exact) mass is 377 g/mol. The lowest BCUT2D eigenvalue weighted by molar-refractivity contribution is 0.271. The van der Waals surface area contributed by atoms with Gasteiger partial charge in [0.2, 0.25) is 10.0 Å². The fourth-order valence-corrected chi connectivity index (χ4v) is 5.24. The highest BCUT2D eigenvalue weighted by molar-refractivity contribution is 7.89. The van der Waals surface area contributed by atoms with E-state index in [9.17, 15) is 8.42 Å². The normalized spacial score (nSPS) is 19.3. The molecule has 1 saturated heterocycles. The molecule has 7 nitrogen and oxygen atoms in total. The van der Waals surface area contributed by atoms with Crippen molar-refractivity contribution in [2.75, 3.05) is 19.6 Å². The van der Waals surface area contributed by atoms with Gasteiger partial charge in [0, 0.05) is 44.4 Å². The molecule has 1 aliphatic heterocycles. The lowest BCUT2D eigenvalue weighted by Crippen LogP contribution is -2.48. The first-order valence-electron chi connectivity index (χ1n) is 7.83. The Labute approximate surface area is 150 Å². The largest absolute Gasteiger partial charge is 0.345 e. The number of sulfonamides is 1. The number of rotatable bonds is 3. The van der Waals surface area contributed by atoms with E-state index in [-0.39, 0.29) is 10.9 Å². The van der Waals surface area contributed by atoms with Crippen LogP contribution in [0, 0.1) is 0 Å². The van der Waals surface area contributed by atoms with Crippen LogP contribution in [0.5, 0.6) is 0 Å². The van der Waals surface area contributed by atoms with Crippen molar-refractivity contribution in [2.24, 2.45) is 0 Å². The summed E-state index contributed by atoms with van der Waals surface area (Å²) in [6.45, 7) is 1.48. The van der Waals surface area contributed by atoms with Crippen molar-refractivity contribution in [3.05, 3.63) is 53.6 Å². The Morgan fingerprint density at radius 1 is 1.28 bits per heavy atom. The van der Waals surface area contributed by atoms with Gasteiger partial charge < -0.3 is 10.3 Å². The summed E-state index contributed by atoms with van der Waals surface area (Å²) in [7, 11) is -3.76. The molecule has 0 saturated carbocycles. The van der Waals surface area contributed by atoms with Gasteiger partial charge in [0.1, 0.15) is 10.5 Å². The van der Waals surface area contributed by atoms with Gasteiger partial charge in [-0.2, -0.15) is 4.31 Å². The van der Waals surface area contributed by atoms with Crippen LogP contribution >= 0.6 is 11.6 Å². The Hall–Kier alpha value is -2.00. The average Bonchev–Trinajstić information content (AvgIpc) is 3.09. The Morgan fingerprint density at radius 3 is 2.96 bits per heavy atom. The predicted octanol–water partition coefficient (Wildman–Crippen LogP) is 1.95. The van der Waals surface area contributed by atoms with E-state index in [1.807, 2.05) is 6.07 Å².